The summed E-state index contributed by atoms with van der Waals surface area (Å²) < 4.78 is 10.8. The molecule has 0 bridgehead atoms. The van der Waals surface area contributed by atoms with Crippen molar-refractivity contribution in [2.45, 2.75) is 58.2 Å². The summed E-state index contributed by atoms with van der Waals surface area (Å²) in [6.45, 7) is 7.96. The molecule has 31 heavy (non-hydrogen) atoms. The highest BCUT2D eigenvalue weighted by Crippen LogP contribution is 2.23. The lowest BCUT2D eigenvalue weighted by atomic mass is 10.0. The quantitative estimate of drug-likeness (QED) is 0.566. The normalized spacial score (nSPS) is 18.0. The second-order valence-corrected chi connectivity index (χ2v) is 9.45. The third-order valence-corrected chi connectivity index (χ3v) is 5.60. The highest BCUT2D eigenvalue weighted by Gasteiger charge is 2.43. The molecule has 1 fully saturated rings. The number of hydrogen-bond acceptors (Lipinski definition) is 6. The van der Waals surface area contributed by atoms with Gasteiger partial charge in [0.25, 0.3) is 0 Å². The van der Waals surface area contributed by atoms with Gasteiger partial charge in [-0.05, 0) is 51.7 Å². The van der Waals surface area contributed by atoms with Crippen molar-refractivity contribution in [1.29, 1.82) is 0 Å². The maximum Gasteiger partial charge on any atom is 0.411 e. The van der Waals surface area contributed by atoms with E-state index in [0.717, 1.165) is 5.56 Å². The van der Waals surface area contributed by atoms with Gasteiger partial charge in [0.05, 0.1) is 6.61 Å². The van der Waals surface area contributed by atoms with E-state index in [1.165, 1.54) is 4.90 Å². The highest BCUT2D eigenvalue weighted by atomic mass is 32.2. The van der Waals surface area contributed by atoms with Crippen LogP contribution in [0.4, 0.5) is 4.79 Å². The second kappa shape index (κ2) is 11.4. The van der Waals surface area contributed by atoms with Gasteiger partial charge in [0, 0.05) is 19.5 Å². The van der Waals surface area contributed by atoms with Gasteiger partial charge in [-0.15, -0.1) is 0 Å². The fourth-order valence-electron chi connectivity index (χ4n) is 3.56. The first kappa shape index (κ1) is 25.0. The Morgan fingerprint density at radius 2 is 1.87 bits per heavy atom. The Balaban J connectivity index is 2.28. The Kier molecular flexibility index (Phi) is 9.22. The molecule has 0 unspecified atom stereocenters. The van der Waals surface area contributed by atoms with Gasteiger partial charge in [-0.1, -0.05) is 30.3 Å². The number of piperazine rings is 1. The van der Waals surface area contributed by atoms with E-state index >= 15 is 0 Å². The number of hydrogen-bond donors (Lipinski definition) is 0. The standard InChI is InChI=1S/C23H34N2O5S/c1-6-29-21(27)19(16-17-10-8-7-9-11-17)24-13-14-25(22(28)30-23(2,3)4)18(20(24)26)12-15-31-5/h7-11,18-19H,6,12-16H2,1-5H3/t18-,19+/m0/s1. The number of thioether (sulfide) groups is 1. The molecule has 0 saturated carbocycles. The topological polar surface area (TPSA) is 76.2 Å². The van der Waals surface area contributed by atoms with Crippen LogP contribution in [0.2, 0.25) is 0 Å². The van der Waals surface area contributed by atoms with Crippen molar-refractivity contribution in [2.24, 2.45) is 0 Å². The number of esters is 1. The minimum absolute atomic E-state index is 0.236. The molecule has 7 nitrogen and oxygen atoms in total. The van der Waals surface area contributed by atoms with Crippen molar-refractivity contribution < 1.29 is 23.9 Å². The predicted octanol–water partition coefficient (Wildman–Crippen LogP) is 3.36. The second-order valence-electron chi connectivity index (χ2n) is 8.46. The lowest BCUT2D eigenvalue weighted by molar-refractivity contribution is -0.159. The predicted molar refractivity (Wildman–Crippen MR) is 122 cm³/mol. The van der Waals surface area contributed by atoms with E-state index in [0.29, 0.717) is 25.1 Å². The molecule has 0 N–H and O–H groups in total. The zero-order chi connectivity index (χ0) is 23.0. The first-order valence-electron chi connectivity index (χ1n) is 10.7. The van der Waals surface area contributed by atoms with Crippen LogP contribution in [0.25, 0.3) is 0 Å². The van der Waals surface area contributed by atoms with Gasteiger partial charge in [0.1, 0.15) is 17.7 Å². The smallest absolute Gasteiger partial charge is 0.411 e. The fourth-order valence-corrected chi connectivity index (χ4v) is 4.02. The zero-order valence-electron chi connectivity index (χ0n) is 19.1. The van der Waals surface area contributed by atoms with Crippen LogP contribution in [-0.2, 0) is 25.5 Å². The summed E-state index contributed by atoms with van der Waals surface area (Å²) >= 11 is 1.61. The molecule has 2 amide bonds. The van der Waals surface area contributed by atoms with Crippen LogP contribution < -0.4 is 0 Å². The van der Waals surface area contributed by atoms with E-state index in [-0.39, 0.29) is 19.1 Å². The van der Waals surface area contributed by atoms with Gasteiger partial charge < -0.3 is 14.4 Å². The summed E-state index contributed by atoms with van der Waals surface area (Å²) in [5.41, 5.74) is 0.297. The van der Waals surface area contributed by atoms with Gasteiger partial charge in [0.2, 0.25) is 5.91 Å². The number of ether oxygens (including phenoxy) is 2. The third kappa shape index (κ3) is 7.16. The van der Waals surface area contributed by atoms with Crippen LogP contribution in [0.1, 0.15) is 39.7 Å². The van der Waals surface area contributed by atoms with Crippen LogP contribution >= 0.6 is 11.8 Å². The number of benzene rings is 1. The van der Waals surface area contributed by atoms with Crippen LogP contribution in [0.5, 0.6) is 0 Å². The highest BCUT2D eigenvalue weighted by molar-refractivity contribution is 7.98. The first-order valence-corrected chi connectivity index (χ1v) is 12.1. The average molecular weight is 451 g/mol. The number of rotatable bonds is 8. The molecular weight excluding hydrogens is 416 g/mol. The summed E-state index contributed by atoms with van der Waals surface area (Å²) in [6.07, 6.45) is 2.33. The minimum Gasteiger partial charge on any atom is -0.464 e. The molecule has 0 aromatic heterocycles. The first-order chi connectivity index (χ1) is 14.7. The summed E-state index contributed by atoms with van der Waals surface area (Å²) in [5, 5.41) is 0. The molecule has 0 aliphatic carbocycles. The molecule has 2 rings (SSSR count). The maximum absolute atomic E-state index is 13.5. The van der Waals surface area contributed by atoms with Crippen molar-refractivity contribution >= 4 is 29.7 Å². The Morgan fingerprint density at radius 3 is 2.45 bits per heavy atom. The zero-order valence-corrected chi connectivity index (χ0v) is 19.9. The van der Waals surface area contributed by atoms with Crippen molar-refractivity contribution in [3.63, 3.8) is 0 Å². The number of carbonyl (C=O) groups excluding carboxylic acids is 3. The summed E-state index contributed by atoms with van der Waals surface area (Å²) in [5.74, 6) is 0.0564. The number of amides is 2. The van der Waals surface area contributed by atoms with E-state index in [2.05, 4.69) is 0 Å². The molecule has 172 valence electrons. The monoisotopic (exact) mass is 450 g/mol. The Labute approximate surface area is 189 Å². The molecule has 0 spiro atoms. The van der Waals surface area contributed by atoms with E-state index in [1.807, 2.05) is 36.6 Å². The minimum atomic E-state index is -0.729. The van der Waals surface area contributed by atoms with Crippen molar-refractivity contribution in [2.75, 3.05) is 31.7 Å². The fraction of sp³-hybridized carbons (Fsp3) is 0.609. The molecule has 2 atom stereocenters. The van der Waals surface area contributed by atoms with Gasteiger partial charge in [-0.25, -0.2) is 9.59 Å². The molecule has 1 aromatic carbocycles. The molecule has 1 heterocycles. The van der Waals surface area contributed by atoms with Crippen LogP contribution in [-0.4, -0.2) is 77.2 Å². The van der Waals surface area contributed by atoms with Crippen molar-refractivity contribution in [3.05, 3.63) is 35.9 Å². The lowest BCUT2D eigenvalue weighted by Gasteiger charge is -2.43. The van der Waals surface area contributed by atoms with Crippen LogP contribution in [0.3, 0.4) is 0 Å². The van der Waals surface area contributed by atoms with E-state index in [1.54, 1.807) is 44.4 Å². The van der Waals surface area contributed by atoms with Gasteiger partial charge in [-0.2, -0.15) is 11.8 Å². The Morgan fingerprint density at radius 1 is 1.19 bits per heavy atom. The molecule has 1 aliphatic heterocycles. The van der Waals surface area contributed by atoms with Gasteiger partial charge >= 0.3 is 12.1 Å². The number of nitrogens with zero attached hydrogens (tertiary/aromatic N) is 2. The lowest BCUT2D eigenvalue weighted by Crippen LogP contribution is -2.63. The van der Waals surface area contributed by atoms with E-state index in [9.17, 15) is 14.4 Å². The molecule has 1 aromatic rings. The van der Waals surface area contributed by atoms with Gasteiger partial charge in [0.15, 0.2) is 0 Å². The van der Waals surface area contributed by atoms with E-state index < -0.39 is 29.7 Å². The van der Waals surface area contributed by atoms with Crippen LogP contribution in [0, 0.1) is 0 Å². The van der Waals surface area contributed by atoms with Gasteiger partial charge in [-0.3, -0.25) is 9.69 Å². The largest absolute Gasteiger partial charge is 0.464 e. The number of carbonyl (C=O) groups is 3. The Hall–Kier alpha value is -2.22. The van der Waals surface area contributed by atoms with Crippen molar-refractivity contribution in [1.82, 2.24) is 9.80 Å². The van der Waals surface area contributed by atoms with E-state index in [4.69, 9.17) is 9.47 Å². The summed E-state index contributed by atoms with van der Waals surface area (Å²) in [6, 6.07) is 8.18. The molecule has 1 saturated heterocycles. The molecule has 1 aliphatic rings. The third-order valence-electron chi connectivity index (χ3n) is 4.96. The average Bonchev–Trinajstić information content (AvgIpc) is 2.71. The Bertz CT molecular complexity index is 750. The molecular formula is C23H34N2O5S. The SMILES string of the molecule is CCOC(=O)[C@@H](Cc1ccccc1)N1CCN(C(=O)OC(C)(C)C)[C@@H](CCSC)C1=O. The summed E-state index contributed by atoms with van der Waals surface area (Å²) in [4.78, 5) is 42.2. The maximum atomic E-state index is 13.5. The van der Waals surface area contributed by atoms with Crippen molar-refractivity contribution in [3.8, 4) is 0 Å². The summed E-state index contributed by atoms with van der Waals surface area (Å²) in [7, 11) is 0. The molecule has 0 radical (unpaired) electrons. The molecule has 8 heteroatoms. The van der Waals surface area contributed by atoms with Crippen LogP contribution in [0.15, 0.2) is 30.3 Å².